The van der Waals surface area contributed by atoms with Gasteiger partial charge in [0.05, 0.1) is 43.5 Å². The number of aromatic nitrogens is 2. The van der Waals surface area contributed by atoms with Gasteiger partial charge in [0.25, 0.3) is 0 Å². The summed E-state index contributed by atoms with van der Waals surface area (Å²) in [4.78, 5) is 18.5. The zero-order valence-electron chi connectivity index (χ0n) is 21.9. The second-order valence-electron chi connectivity index (χ2n) is 9.10. The highest BCUT2D eigenvalue weighted by atomic mass is 32.2. The quantitative estimate of drug-likeness (QED) is 0.235. The minimum Gasteiger partial charge on any atom is -0.494 e. The molecule has 1 aliphatic heterocycles. The number of anilines is 2. The lowest BCUT2D eigenvalue weighted by molar-refractivity contribution is 0.0600. The van der Waals surface area contributed by atoms with Crippen LogP contribution in [0.25, 0.3) is 5.69 Å². The van der Waals surface area contributed by atoms with Gasteiger partial charge in [-0.2, -0.15) is 0 Å². The van der Waals surface area contributed by atoms with E-state index < -0.39 is 16.0 Å². The molecule has 1 saturated heterocycles. The topological polar surface area (TPSA) is 115 Å². The van der Waals surface area contributed by atoms with Crippen LogP contribution < -0.4 is 19.7 Å². The number of esters is 1. The number of hydrogen-bond donors (Lipinski definition) is 2. The third-order valence-corrected chi connectivity index (χ3v) is 7.41. The van der Waals surface area contributed by atoms with Crippen molar-refractivity contribution in [3.8, 4) is 11.4 Å². The second kappa shape index (κ2) is 11.0. The third-order valence-electron chi connectivity index (χ3n) is 6.51. The van der Waals surface area contributed by atoms with Gasteiger partial charge in [-0.1, -0.05) is 6.07 Å². The Labute approximate surface area is 237 Å². The van der Waals surface area contributed by atoms with E-state index in [0.29, 0.717) is 27.8 Å². The fourth-order valence-electron chi connectivity index (χ4n) is 4.79. The number of benzene rings is 2. The summed E-state index contributed by atoms with van der Waals surface area (Å²) in [5.41, 5.74) is 4.02. The molecule has 2 atom stereocenters. The number of hydrogen-bond acceptors (Lipinski definition) is 7. The molecule has 2 aromatic carbocycles. The number of thiocarbonyl (C=S) groups is 1. The summed E-state index contributed by atoms with van der Waals surface area (Å²) in [5.74, 6) is -0.0617. The van der Waals surface area contributed by atoms with Crippen LogP contribution in [0.3, 0.4) is 0 Å². The average molecular weight is 578 g/mol. The molecular weight excluding hydrogens is 550 g/mol. The molecule has 5 rings (SSSR count). The summed E-state index contributed by atoms with van der Waals surface area (Å²) in [6.07, 6.45) is 4.76. The number of nitrogens with one attached hydrogen (secondary N) is 2. The van der Waals surface area contributed by atoms with Crippen LogP contribution in [-0.4, -0.2) is 49.5 Å². The minimum atomic E-state index is -3.51. The van der Waals surface area contributed by atoms with Crippen molar-refractivity contribution in [3.63, 3.8) is 0 Å². The summed E-state index contributed by atoms with van der Waals surface area (Å²) in [7, 11) is -0.687. The lowest BCUT2D eigenvalue weighted by Crippen LogP contribution is -2.30. The summed E-state index contributed by atoms with van der Waals surface area (Å²) in [5, 5.41) is 3.90. The number of rotatable bonds is 8. The smallest absolute Gasteiger partial charge is 0.337 e. The highest BCUT2D eigenvalue weighted by Gasteiger charge is 2.42. The Hall–Kier alpha value is -4.42. The van der Waals surface area contributed by atoms with Crippen molar-refractivity contribution in [1.82, 2.24) is 14.9 Å². The molecule has 206 valence electrons. The van der Waals surface area contributed by atoms with Gasteiger partial charge in [0, 0.05) is 35.5 Å². The molecule has 4 aromatic rings. The SMILES string of the molecule is COC(=O)c1ccc(-n2cccc2[C@@H]2[C@H](c3ccccn3)NC(=S)N2c2ccc(NS(C)(=O)=O)c(OC)c2)cc1. The molecule has 0 spiro atoms. The Morgan fingerprint density at radius 1 is 1.02 bits per heavy atom. The number of methoxy groups -OCH3 is 2. The maximum absolute atomic E-state index is 12.0. The molecule has 0 aliphatic carbocycles. The van der Waals surface area contributed by atoms with E-state index in [1.54, 1.807) is 36.5 Å². The van der Waals surface area contributed by atoms with Crippen molar-refractivity contribution >= 4 is 44.7 Å². The molecule has 0 bridgehead atoms. The Kier molecular flexibility index (Phi) is 7.46. The lowest BCUT2D eigenvalue weighted by atomic mass is 10.0. The first kappa shape index (κ1) is 27.2. The Bertz CT molecular complexity index is 1660. The van der Waals surface area contributed by atoms with E-state index in [-0.39, 0.29) is 12.1 Å². The number of sulfonamides is 1. The zero-order valence-corrected chi connectivity index (χ0v) is 23.6. The Morgan fingerprint density at radius 3 is 2.42 bits per heavy atom. The normalized spacial score (nSPS) is 16.9. The van der Waals surface area contributed by atoms with Gasteiger partial charge < -0.3 is 24.3 Å². The van der Waals surface area contributed by atoms with Gasteiger partial charge in [0.15, 0.2) is 5.11 Å². The zero-order chi connectivity index (χ0) is 28.4. The fourth-order valence-corrected chi connectivity index (χ4v) is 5.71. The number of carbonyl (C=O) groups is 1. The molecule has 1 fully saturated rings. The third kappa shape index (κ3) is 5.36. The van der Waals surface area contributed by atoms with Crippen LogP contribution in [0.4, 0.5) is 11.4 Å². The van der Waals surface area contributed by atoms with Crippen molar-refractivity contribution in [1.29, 1.82) is 0 Å². The average Bonchev–Trinajstić information content (AvgIpc) is 3.57. The van der Waals surface area contributed by atoms with E-state index >= 15 is 0 Å². The van der Waals surface area contributed by atoms with E-state index in [2.05, 4.69) is 15.0 Å². The second-order valence-corrected chi connectivity index (χ2v) is 11.2. The van der Waals surface area contributed by atoms with Gasteiger partial charge >= 0.3 is 5.97 Å². The number of ether oxygens (including phenoxy) is 2. The van der Waals surface area contributed by atoms with Crippen LogP contribution in [0.2, 0.25) is 0 Å². The predicted molar refractivity (Wildman–Crippen MR) is 157 cm³/mol. The first-order chi connectivity index (χ1) is 19.2. The molecule has 2 aromatic heterocycles. The van der Waals surface area contributed by atoms with Crippen LogP contribution >= 0.6 is 12.2 Å². The van der Waals surface area contributed by atoms with Crippen LogP contribution in [0.5, 0.6) is 5.75 Å². The van der Waals surface area contributed by atoms with E-state index in [1.165, 1.54) is 14.2 Å². The van der Waals surface area contributed by atoms with Gasteiger partial charge in [-0.3, -0.25) is 9.71 Å². The van der Waals surface area contributed by atoms with E-state index in [9.17, 15) is 13.2 Å². The van der Waals surface area contributed by atoms with E-state index in [0.717, 1.165) is 23.3 Å². The number of carbonyl (C=O) groups excluding carboxylic acids is 1. The molecule has 0 radical (unpaired) electrons. The number of nitrogens with zero attached hydrogens (tertiary/aromatic N) is 3. The molecule has 10 nitrogen and oxygen atoms in total. The predicted octanol–water partition coefficient (Wildman–Crippen LogP) is 4.22. The highest BCUT2D eigenvalue weighted by molar-refractivity contribution is 7.92. The van der Waals surface area contributed by atoms with Gasteiger partial charge in [-0.05, 0) is 72.9 Å². The lowest BCUT2D eigenvalue weighted by Gasteiger charge is -2.29. The fraction of sp³-hybridized carbons (Fsp3) is 0.179. The van der Waals surface area contributed by atoms with E-state index in [4.69, 9.17) is 21.7 Å². The molecular formula is C28H27N5O5S2. The van der Waals surface area contributed by atoms with Crippen molar-refractivity contribution in [2.75, 3.05) is 30.1 Å². The van der Waals surface area contributed by atoms with Crippen molar-refractivity contribution in [2.45, 2.75) is 12.1 Å². The molecule has 2 N–H and O–H groups in total. The van der Waals surface area contributed by atoms with Gasteiger partial charge in [0.2, 0.25) is 10.0 Å². The molecule has 3 heterocycles. The van der Waals surface area contributed by atoms with Crippen molar-refractivity contribution in [2.24, 2.45) is 0 Å². The maximum atomic E-state index is 12.0. The van der Waals surface area contributed by atoms with E-state index in [1.807, 2.05) is 58.1 Å². The summed E-state index contributed by atoms with van der Waals surface area (Å²) in [6.45, 7) is 0. The van der Waals surface area contributed by atoms with Crippen LogP contribution in [0, 0.1) is 0 Å². The van der Waals surface area contributed by atoms with Crippen LogP contribution in [0.15, 0.2) is 85.2 Å². The molecule has 12 heteroatoms. The van der Waals surface area contributed by atoms with Gasteiger partial charge in [-0.15, -0.1) is 0 Å². The maximum Gasteiger partial charge on any atom is 0.337 e. The molecule has 40 heavy (non-hydrogen) atoms. The molecule has 0 amide bonds. The van der Waals surface area contributed by atoms with Gasteiger partial charge in [-0.25, -0.2) is 13.2 Å². The van der Waals surface area contributed by atoms with Gasteiger partial charge in [0.1, 0.15) is 11.8 Å². The minimum absolute atomic E-state index is 0.309. The van der Waals surface area contributed by atoms with Crippen molar-refractivity contribution in [3.05, 3.63) is 102 Å². The summed E-state index contributed by atoms with van der Waals surface area (Å²) >= 11 is 5.84. The first-order valence-corrected chi connectivity index (χ1v) is 14.5. The Balaban J connectivity index is 1.62. The standard InChI is InChI=1S/C28H27N5O5S2/c1-37-24-17-20(13-14-21(24)31-40(3,35)36)33-26(25(30-28(33)39)22-7-4-5-15-29-22)23-8-6-16-32(23)19-11-9-18(10-12-19)27(34)38-2/h4-17,25-26,31H,1-3H3,(H,30,39)/t25-,26+/m0/s1. The molecule has 0 unspecified atom stereocenters. The van der Waals surface area contributed by atoms with Crippen LogP contribution in [-0.2, 0) is 14.8 Å². The molecule has 0 saturated carbocycles. The van der Waals surface area contributed by atoms with Crippen LogP contribution in [0.1, 0.15) is 33.8 Å². The van der Waals surface area contributed by atoms with Crippen molar-refractivity contribution < 1.29 is 22.7 Å². The highest BCUT2D eigenvalue weighted by Crippen LogP contribution is 2.44. The largest absolute Gasteiger partial charge is 0.494 e. The summed E-state index contributed by atoms with van der Waals surface area (Å²) in [6, 6.07) is 21.3. The molecule has 1 aliphatic rings. The monoisotopic (exact) mass is 577 g/mol. The first-order valence-electron chi connectivity index (χ1n) is 12.2. The summed E-state index contributed by atoms with van der Waals surface area (Å²) < 4.78 is 38.6. The Morgan fingerprint density at radius 2 is 1.77 bits per heavy atom. The number of pyridine rings is 1.